The van der Waals surface area contributed by atoms with E-state index in [1.807, 2.05) is 0 Å². The van der Waals surface area contributed by atoms with E-state index in [0.29, 0.717) is 13.0 Å². The van der Waals surface area contributed by atoms with E-state index in [9.17, 15) is 18.3 Å². The highest BCUT2D eigenvalue weighted by Crippen LogP contribution is 2.25. The molecule has 23 heavy (non-hydrogen) atoms. The predicted molar refractivity (Wildman–Crippen MR) is 86.1 cm³/mol. The first kappa shape index (κ1) is 17.6. The molecule has 1 aromatic carbocycles. The summed E-state index contributed by atoms with van der Waals surface area (Å²) in [4.78, 5) is 13.9. The Balaban J connectivity index is 2.11. The second-order valence-corrected chi connectivity index (χ2v) is 8.78. The Morgan fingerprint density at radius 3 is 2.48 bits per heavy atom. The molecule has 1 aliphatic rings. The first-order valence-electron chi connectivity index (χ1n) is 7.60. The highest BCUT2D eigenvalue weighted by molar-refractivity contribution is 7.91. The maximum atomic E-state index is 12.5. The Hall–Kier alpha value is -1.76. The summed E-state index contributed by atoms with van der Waals surface area (Å²) < 4.78 is 30.3. The Labute approximate surface area is 137 Å². The Morgan fingerprint density at radius 2 is 1.91 bits per heavy atom. The number of nitrogens with zero attached hydrogens (tertiary/aromatic N) is 1. The average Bonchev–Trinajstić information content (AvgIpc) is 2.84. The Morgan fingerprint density at radius 1 is 1.30 bits per heavy atom. The molecule has 6 nitrogen and oxygen atoms in total. The lowest BCUT2D eigenvalue weighted by molar-refractivity contribution is 0.0241. The molecule has 1 aromatic rings. The minimum atomic E-state index is -3.53. The number of amides is 1. The molecule has 0 radical (unpaired) electrons. The van der Waals surface area contributed by atoms with Gasteiger partial charge < -0.3 is 14.7 Å². The maximum absolute atomic E-state index is 12.5. The zero-order chi connectivity index (χ0) is 17.3. The van der Waals surface area contributed by atoms with E-state index in [4.69, 9.17) is 4.74 Å². The summed E-state index contributed by atoms with van der Waals surface area (Å²) in [6.45, 7) is 5.85. The van der Waals surface area contributed by atoms with Crippen molar-refractivity contribution in [3.8, 4) is 5.75 Å². The summed E-state index contributed by atoms with van der Waals surface area (Å²) in [5.74, 6) is -0.128. The summed E-state index contributed by atoms with van der Waals surface area (Å²) >= 11 is 0. The van der Waals surface area contributed by atoms with E-state index in [1.54, 1.807) is 20.8 Å². The molecular weight excluding hydrogens is 318 g/mol. The molecule has 1 fully saturated rings. The summed E-state index contributed by atoms with van der Waals surface area (Å²) in [6, 6.07) is 5.04. The number of benzene rings is 1. The third kappa shape index (κ3) is 4.60. The summed E-state index contributed by atoms with van der Waals surface area (Å²) in [5, 5.41) is 9.27. The van der Waals surface area contributed by atoms with Gasteiger partial charge in [-0.25, -0.2) is 13.2 Å². The second-order valence-electron chi connectivity index (χ2n) is 6.75. The van der Waals surface area contributed by atoms with Gasteiger partial charge in [0.1, 0.15) is 11.4 Å². The molecule has 0 bridgehead atoms. The molecule has 128 valence electrons. The molecule has 0 saturated carbocycles. The van der Waals surface area contributed by atoms with Crippen LogP contribution in [0.1, 0.15) is 33.6 Å². The van der Waals surface area contributed by atoms with E-state index >= 15 is 0 Å². The molecule has 0 spiro atoms. The lowest BCUT2D eigenvalue weighted by atomic mass is 10.2. The van der Waals surface area contributed by atoms with Gasteiger partial charge in [-0.1, -0.05) is 0 Å². The lowest BCUT2D eigenvalue weighted by Crippen LogP contribution is -2.42. The standard InChI is InChI=1S/C16H23NO5S/c1-16(2,3)22-15(19)17-10-4-5-12(17)11-23(20,21)14-8-6-13(18)7-9-14/h6-9,12,18H,4-5,10-11H2,1-3H3/t12-/m0/s1. The number of hydrogen-bond donors (Lipinski definition) is 1. The molecule has 1 heterocycles. The summed E-state index contributed by atoms with van der Waals surface area (Å²) in [5.41, 5.74) is -0.611. The van der Waals surface area contributed by atoms with Crippen LogP contribution in [0.3, 0.4) is 0 Å². The third-order valence-corrected chi connectivity index (χ3v) is 5.43. The summed E-state index contributed by atoms with van der Waals surface area (Å²) in [6.07, 6.45) is 0.923. The zero-order valence-electron chi connectivity index (χ0n) is 13.7. The number of rotatable bonds is 3. The van der Waals surface area contributed by atoms with Gasteiger partial charge in [0.05, 0.1) is 10.6 Å². The van der Waals surface area contributed by atoms with Crippen LogP contribution in [0.4, 0.5) is 4.79 Å². The van der Waals surface area contributed by atoms with Gasteiger partial charge in [-0.05, 0) is 57.9 Å². The zero-order valence-corrected chi connectivity index (χ0v) is 14.5. The van der Waals surface area contributed by atoms with Crippen molar-refractivity contribution in [2.24, 2.45) is 0 Å². The molecule has 1 aliphatic heterocycles. The summed E-state index contributed by atoms with van der Waals surface area (Å²) in [7, 11) is -3.53. The molecule has 0 unspecified atom stereocenters. The first-order valence-corrected chi connectivity index (χ1v) is 9.25. The van der Waals surface area contributed by atoms with E-state index in [0.717, 1.165) is 6.42 Å². The second kappa shape index (κ2) is 6.39. The predicted octanol–water partition coefficient (Wildman–Crippen LogP) is 2.57. The molecule has 1 amide bonds. The number of likely N-dealkylation sites (tertiary alicyclic amines) is 1. The van der Waals surface area contributed by atoms with Gasteiger partial charge in [-0.2, -0.15) is 0 Å². The SMILES string of the molecule is CC(C)(C)OC(=O)N1CCC[C@H]1CS(=O)(=O)c1ccc(O)cc1. The van der Waals surface area contributed by atoms with Crippen molar-refractivity contribution < 1.29 is 23.1 Å². The maximum Gasteiger partial charge on any atom is 0.410 e. The number of carbonyl (C=O) groups excluding carboxylic acids is 1. The van der Waals surface area contributed by atoms with Gasteiger partial charge in [0, 0.05) is 12.6 Å². The number of carbonyl (C=O) groups is 1. The van der Waals surface area contributed by atoms with Gasteiger partial charge >= 0.3 is 6.09 Å². The minimum Gasteiger partial charge on any atom is -0.508 e. The fraction of sp³-hybridized carbons (Fsp3) is 0.562. The van der Waals surface area contributed by atoms with Crippen LogP contribution >= 0.6 is 0 Å². The van der Waals surface area contributed by atoms with Crippen LogP contribution in [-0.4, -0.2) is 48.5 Å². The van der Waals surface area contributed by atoms with Crippen molar-refractivity contribution in [1.29, 1.82) is 0 Å². The van der Waals surface area contributed by atoms with Crippen molar-refractivity contribution >= 4 is 15.9 Å². The number of phenolic OH excluding ortho intramolecular Hbond substituents is 1. The van der Waals surface area contributed by atoms with Crippen LogP contribution < -0.4 is 0 Å². The molecular formula is C16H23NO5S. The fourth-order valence-corrected chi connectivity index (χ4v) is 4.17. The highest BCUT2D eigenvalue weighted by atomic mass is 32.2. The molecule has 0 aromatic heterocycles. The van der Waals surface area contributed by atoms with Crippen molar-refractivity contribution in [2.45, 2.75) is 50.2 Å². The van der Waals surface area contributed by atoms with E-state index in [2.05, 4.69) is 0 Å². The van der Waals surface area contributed by atoms with Gasteiger partial charge in [-0.3, -0.25) is 0 Å². The van der Waals surface area contributed by atoms with Crippen LogP contribution in [0, 0.1) is 0 Å². The van der Waals surface area contributed by atoms with Crippen LogP contribution in [0.15, 0.2) is 29.2 Å². The topological polar surface area (TPSA) is 83.9 Å². The number of ether oxygens (including phenoxy) is 1. The monoisotopic (exact) mass is 341 g/mol. The molecule has 1 saturated heterocycles. The van der Waals surface area contributed by atoms with Gasteiger partial charge in [0.15, 0.2) is 9.84 Å². The van der Waals surface area contributed by atoms with Gasteiger partial charge in [0.25, 0.3) is 0 Å². The number of hydrogen-bond acceptors (Lipinski definition) is 5. The fourth-order valence-electron chi connectivity index (χ4n) is 2.57. The van der Waals surface area contributed by atoms with Crippen LogP contribution in [0.2, 0.25) is 0 Å². The largest absolute Gasteiger partial charge is 0.508 e. The minimum absolute atomic E-state index is 0.0141. The quantitative estimate of drug-likeness (QED) is 0.913. The smallest absolute Gasteiger partial charge is 0.410 e. The third-order valence-electron chi connectivity index (χ3n) is 3.61. The van der Waals surface area contributed by atoms with Gasteiger partial charge in [-0.15, -0.1) is 0 Å². The Kier molecular flexibility index (Phi) is 4.89. The van der Waals surface area contributed by atoms with E-state index in [-0.39, 0.29) is 22.4 Å². The normalized spacial score (nSPS) is 18.9. The van der Waals surface area contributed by atoms with Crippen molar-refractivity contribution in [3.05, 3.63) is 24.3 Å². The van der Waals surface area contributed by atoms with Crippen LogP contribution in [-0.2, 0) is 14.6 Å². The van der Waals surface area contributed by atoms with E-state index < -0.39 is 21.5 Å². The van der Waals surface area contributed by atoms with Crippen LogP contribution in [0.25, 0.3) is 0 Å². The lowest BCUT2D eigenvalue weighted by Gasteiger charge is -2.28. The average molecular weight is 341 g/mol. The number of aromatic hydroxyl groups is 1. The highest BCUT2D eigenvalue weighted by Gasteiger charge is 2.35. The van der Waals surface area contributed by atoms with Crippen molar-refractivity contribution in [3.63, 3.8) is 0 Å². The van der Waals surface area contributed by atoms with Crippen molar-refractivity contribution in [2.75, 3.05) is 12.3 Å². The molecule has 1 N–H and O–H groups in total. The van der Waals surface area contributed by atoms with E-state index in [1.165, 1.54) is 29.2 Å². The van der Waals surface area contributed by atoms with Crippen LogP contribution in [0.5, 0.6) is 5.75 Å². The molecule has 1 atom stereocenters. The number of phenols is 1. The van der Waals surface area contributed by atoms with Crippen molar-refractivity contribution in [1.82, 2.24) is 4.90 Å². The Bertz CT molecular complexity index is 661. The number of sulfone groups is 1. The van der Waals surface area contributed by atoms with Gasteiger partial charge in [0.2, 0.25) is 0 Å². The molecule has 0 aliphatic carbocycles. The first-order chi connectivity index (χ1) is 10.6. The molecule has 7 heteroatoms. The molecule has 2 rings (SSSR count).